The normalized spacial score (nSPS) is 18.1. The Labute approximate surface area is 172 Å². The monoisotopic (exact) mass is 391 g/mol. The van der Waals surface area contributed by atoms with Crippen molar-refractivity contribution >= 4 is 5.97 Å². The number of rotatable bonds is 7. The Kier molecular flexibility index (Phi) is 9.00. The highest BCUT2D eigenvalue weighted by atomic mass is 16.4. The summed E-state index contributed by atoms with van der Waals surface area (Å²) in [5, 5.41) is 9.00. The average Bonchev–Trinajstić information content (AvgIpc) is 2.75. The van der Waals surface area contributed by atoms with Crippen LogP contribution in [0.1, 0.15) is 66.8 Å². The summed E-state index contributed by atoms with van der Waals surface area (Å²) in [4.78, 5) is 12.7. The fraction of sp³-hybridized carbons (Fsp3) is 0.375. The van der Waals surface area contributed by atoms with Gasteiger partial charge in [-0.2, -0.15) is 0 Å². The number of nitrogens with zero attached hydrogens (tertiary/aromatic N) is 2. The zero-order valence-corrected chi connectivity index (χ0v) is 16.8. The van der Waals surface area contributed by atoms with Crippen molar-refractivity contribution in [2.24, 2.45) is 5.92 Å². The lowest BCUT2D eigenvalue weighted by Gasteiger charge is -2.29. The fourth-order valence-electron chi connectivity index (χ4n) is 4.09. The van der Waals surface area contributed by atoms with Crippen molar-refractivity contribution in [1.29, 1.82) is 5.53 Å². The van der Waals surface area contributed by atoms with Crippen molar-refractivity contribution in [2.75, 3.05) is 0 Å². The molecule has 0 bridgehead atoms. The quantitative estimate of drug-likeness (QED) is 0.167. The molecule has 152 valence electrons. The van der Waals surface area contributed by atoms with Crippen LogP contribution in [0, 0.1) is 11.4 Å². The maximum atomic E-state index is 11.0. The number of unbranched alkanes of at least 4 members (excludes halogenated alkanes) is 1. The van der Waals surface area contributed by atoms with E-state index in [0.717, 1.165) is 23.5 Å². The van der Waals surface area contributed by atoms with Crippen LogP contribution in [-0.2, 0) is 0 Å². The van der Waals surface area contributed by atoms with Gasteiger partial charge in [0.2, 0.25) is 0 Å². The summed E-state index contributed by atoms with van der Waals surface area (Å²) in [5.74, 6) is 0.708. The van der Waals surface area contributed by atoms with Gasteiger partial charge in [0.05, 0.1) is 5.56 Å². The summed E-state index contributed by atoms with van der Waals surface area (Å²) in [5.41, 5.74) is 16.2. The van der Waals surface area contributed by atoms with Crippen molar-refractivity contribution in [1.82, 2.24) is 0 Å². The molecular formula is C24H29N3O2. The van der Waals surface area contributed by atoms with E-state index in [1.54, 1.807) is 17.0 Å². The van der Waals surface area contributed by atoms with Gasteiger partial charge in [-0.05, 0) is 89.6 Å². The molecule has 1 fully saturated rings. The van der Waals surface area contributed by atoms with Gasteiger partial charge >= 0.3 is 5.97 Å². The molecule has 2 aromatic carbocycles. The van der Waals surface area contributed by atoms with Crippen LogP contribution in [0.5, 0.6) is 0 Å². The van der Waals surface area contributed by atoms with Gasteiger partial charge in [0.25, 0.3) is 0 Å². The highest BCUT2D eigenvalue weighted by Gasteiger charge is 2.21. The average molecular weight is 392 g/mol. The van der Waals surface area contributed by atoms with E-state index in [1.807, 2.05) is 18.2 Å². The molecule has 5 nitrogen and oxygen atoms in total. The van der Waals surface area contributed by atoms with Crippen molar-refractivity contribution < 1.29 is 9.90 Å². The Bertz CT molecular complexity index is 814. The van der Waals surface area contributed by atoms with E-state index in [4.69, 9.17) is 16.2 Å². The molecule has 0 amide bonds. The predicted molar refractivity (Wildman–Crippen MR) is 117 cm³/mol. The summed E-state index contributed by atoms with van der Waals surface area (Å²) in [6.07, 6.45) is 11.1. The minimum absolute atomic E-state index is 0.329. The lowest BCUT2D eigenvalue weighted by atomic mass is 9.77. The molecule has 29 heavy (non-hydrogen) atoms. The molecule has 0 aliphatic heterocycles. The second kappa shape index (κ2) is 11.7. The number of hydrogen-bond donors (Lipinski definition) is 2. The van der Waals surface area contributed by atoms with Gasteiger partial charge in [-0.3, -0.25) is 0 Å². The van der Waals surface area contributed by atoms with E-state index >= 15 is 0 Å². The summed E-state index contributed by atoms with van der Waals surface area (Å²) >= 11 is 0. The molecule has 0 heterocycles. The van der Waals surface area contributed by atoms with E-state index in [1.165, 1.54) is 44.1 Å². The van der Waals surface area contributed by atoms with E-state index in [-0.39, 0.29) is 0 Å². The Morgan fingerprint density at radius 1 is 1.07 bits per heavy atom. The molecule has 0 unspecified atom stereocenters. The largest absolute Gasteiger partial charge is 0.478 e. The number of aromatic carboxylic acids is 1. The first-order valence-electron chi connectivity index (χ1n) is 10.1. The van der Waals surface area contributed by atoms with E-state index in [0.29, 0.717) is 11.5 Å². The van der Waals surface area contributed by atoms with Crippen LogP contribution in [0.4, 0.5) is 0 Å². The molecule has 0 atom stereocenters. The van der Waals surface area contributed by atoms with Crippen molar-refractivity contribution in [3.05, 3.63) is 82.8 Å². The number of carboxylic acids is 1. The Balaban J connectivity index is 0.000000941. The number of carboxylic acid groups (broad SMARTS) is 1. The zero-order chi connectivity index (χ0) is 21.1. The van der Waals surface area contributed by atoms with Gasteiger partial charge in [0.1, 0.15) is 0 Å². The lowest BCUT2D eigenvalue weighted by Crippen LogP contribution is -2.13. The van der Waals surface area contributed by atoms with Gasteiger partial charge in [-0.25, -0.2) is 4.79 Å². The van der Waals surface area contributed by atoms with Gasteiger partial charge in [-0.1, -0.05) is 48.9 Å². The predicted octanol–water partition coefficient (Wildman–Crippen LogP) is 7.56. The van der Waals surface area contributed by atoms with Crippen LogP contribution < -0.4 is 0 Å². The third-order valence-corrected chi connectivity index (χ3v) is 5.71. The third kappa shape index (κ3) is 6.81. The lowest BCUT2D eigenvalue weighted by molar-refractivity contribution is 0.0697. The molecule has 0 spiro atoms. The molecule has 5 heteroatoms. The first-order chi connectivity index (χ1) is 14.1. The Hall–Kier alpha value is -3.04. The highest BCUT2D eigenvalue weighted by Crippen LogP contribution is 2.38. The smallest absolute Gasteiger partial charge is 0.335 e. The summed E-state index contributed by atoms with van der Waals surface area (Å²) in [7, 11) is 0. The Morgan fingerprint density at radius 2 is 1.59 bits per heavy atom. The van der Waals surface area contributed by atoms with Gasteiger partial charge in [-0.15, -0.1) is 12.1 Å². The van der Waals surface area contributed by atoms with Crippen LogP contribution in [0.3, 0.4) is 0 Å². The van der Waals surface area contributed by atoms with Crippen molar-refractivity contribution in [3.63, 3.8) is 0 Å². The first kappa shape index (κ1) is 22.3. The van der Waals surface area contributed by atoms with E-state index in [2.05, 4.69) is 30.8 Å². The SMILES string of the molecule is C=CCCCC1CCC(c2ccc(-c3ccc(C(=O)O)cc3)cc2)CC1.[N-]=[N+]=N. The van der Waals surface area contributed by atoms with Crippen LogP contribution in [0.2, 0.25) is 0 Å². The van der Waals surface area contributed by atoms with Gasteiger partial charge in [0, 0.05) is 0 Å². The van der Waals surface area contributed by atoms with Gasteiger partial charge < -0.3 is 5.11 Å². The summed E-state index contributed by atoms with van der Waals surface area (Å²) in [6, 6.07) is 15.9. The number of hydrogen-bond acceptors (Lipinski definition) is 2. The number of nitrogens with one attached hydrogen (secondary N) is 1. The molecule has 0 radical (unpaired) electrons. The standard InChI is InChI=1S/C24H28O2.HN3/c1-2-3-4-5-18-6-8-19(9-7-18)20-10-12-21(13-11-20)22-14-16-23(17-15-22)24(25)26;1-3-2/h2,10-19H,1,3-9H2,(H,25,26);1H. The number of benzene rings is 2. The fourth-order valence-corrected chi connectivity index (χ4v) is 4.09. The zero-order valence-electron chi connectivity index (χ0n) is 16.8. The molecule has 1 aliphatic carbocycles. The topological polar surface area (TPSA) is 97.5 Å². The Morgan fingerprint density at radius 3 is 2.07 bits per heavy atom. The molecule has 2 N–H and O–H groups in total. The highest BCUT2D eigenvalue weighted by molar-refractivity contribution is 5.88. The number of allylic oxidation sites excluding steroid dienone is 1. The number of carbonyl (C=O) groups is 1. The second-order valence-corrected chi connectivity index (χ2v) is 7.54. The molecule has 3 rings (SSSR count). The van der Waals surface area contributed by atoms with Gasteiger partial charge in [0.15, 0.2) is 0 Å². The first-order valence-corrected chi connectivity index (χ1v) is 10.1. The minimum Gasteiger partial charge on any atom is -0.478 e. The third-order valence-electron chi connectivity index (χ3n) is 5.71. The van der Waals surface area contributed by atoms with Crippen LogP contribution in [0.25, 0.3) is 21.6 Å². The van der Waals surface area contributed by atoms with Crippen LogP contribution in [0.15, 0.2) is 61.2 Å². The molecule has 2 aromatic rings. The molecule has 1 saturated carbocycles. The molecule has 0 saturated heterocycles. The van der Waals surface area contributed by atoms with Crippen molar-refractivity contribution in [2.45, 2.75) is 50.9 Å². The minimum atomic E-state index is -0.882. The van der Waals surface area contributed by atoms with Crippen LogP contribution >= 0.6 is 0 Å². The van der Waals surface area contributed by atoms with Crippen molar-refractivity contribution in [3.8, 4) is 11.1 Å². The van der Waals surface area contributed by atoms with Crippen LogP contribution in [-0.4, -0.2) is 11.1 Å². The maximum absolute atomic E-state index is 11.0. The second-order valence-electron chi connectivity index (χ2n) is 7.54. The molecule has 0 aromatic heterocycles. The molecule has 1 aliphatic rings. The summed E-state index contributed by atoms with van der Waals surface area (Å²) in [6.45, 7) is 3.81. The maximum Gasteiger partial charge on any atom is 0.335 e. The molecular weight excluding hydrogens is 362 g/mol. The van der Waals surface area contributed by atoms with E-state index in [9.17, 15) is 4.79 Å². The van der Waals surface area contributed by atoms with E-state index < -0.39 is 5.97 Å². The summed E-state index contributed by atoms with van der Waals surface area (Å²) < 4.78 is 0.